The normalized spacial score (nSPS) is 10.8. The van der Waals surface area contributed by atoms with Gasteiger partial charge in [0, 0.05) is 23.3 Å². The van der Waals surface area contributed by atoms with Crippen LogP contribution in [0.4, 0.5) is 11.4 Å². The van der Waals surface area contributed by atoms with E-state index >= 15 is 0 Å². The fraction of sp³-hybridized carbons (Fsp3) is 0.0769. The summed E-state index contributed by atoms with van der Waals surface area (Å²) in [7, 11) is 0. The fourth-order valence-corrected chi connectivity index (χ4v) is 4.48. The molecule has 0 aliphatic rings. The van der Waals surface area contributed by atoms with Crippen LogP contribution in [-0.2, 0) is 11.4 Å². The molecule has 11 heteroatoms. The monoisotopic (exact) mass is 512 g/mol. The highest BCUT2D eigenvalue weighted by molar-refractivity contribution is 7.99. The van der Waals surface area contributed by atoms with Gasteiger partial charge in [-0.2, -0.15) is 0 Å². The Kier molecular flexibility index (Phi) is 7.04. The first kappa shape index (κ1) is 23.9. The SMILES string of the molecule is O=C(CSc1nnc(COc2cccc3cccnc23)n1-c1ccccc1)Nc1ccccc1[N+](=O)[O-]. The van der Waals surface area contributed by atoms with Crippen molar-refractivity contribution in [2.24, 2.45) is 0 Å². The van der Waals surface area contributed by atoms with Gasteiger partial charge in [0.15, 0.2) is 11.0 Å². The minimum atomic E-state index is -0.535. The van der Waals surface area contributed by atoms with E-state index < -0.39 is 10.8 Å². The molecule has 37 heavy (non-hydrogen) atoms. The number of nitro groups is 1. The number of nitrogens with zero attached hydrogens (tertiary/aromatic N) is 5. The number of rotatable bonds is 9. The minimum absolute atomic E-state index is 0.0227. The molecular weight excluding hydrogens is 492 g/mol. The molecule has 0 unspecified atom stereocenters. The molecule has 0 aliphatic heterocycles. The van der Waals surface area contributed by atoms with Gasteiger partial charge in [0.05, 0.1) is 10.7 Å². The van der Waals surface area contributed by atoms with E-state index in [0.29, 0.717) is 16.7 Å². The third-order valence-corrected chi connectivity index (χ3v) is 6.30. The number of amides is 1. The number of nitrogens with one attached hydrogen (secondary N) is 1. The Morgan fingerprint density at radius 1 is 0.973 bits per heavy atom. The molecule has 0 fully saturated rings. The van der Waals surface area contributed by atoms with Crippen molar-refractivity contribution >= 4 is 39.9 Å². The van der Waals surface area contributed by atoms with Crippen LogP contribution in [0.1, 0.15) is 5.82 Å². The van der Waals surface area contributed by atoms with Crippen molar-refractivity contribution in [2.75, 3.05) is 11.1 Å². The number of benzene rings is 3. The molecule has 0 spiro atoms. The van der Waals surface area contributed by atoms with Gasteiger partial charge in [-0.15, -0.1) is 10.2 Å². The van der Waals surface area contributed by atoms with Gasteiger partial charge in [-0.1, -0.05) is 60.3 Å². The summed E-state index contributed by atoms with van der Waals surface area (Å²) < 4.78 is 7.90. The van der Waals surface area contributed by atoms with E-state index in [2.05, 4.69) is 20.5 Å². The molecule has 0 aliphatic carbocycles. The number of fused-ring (bicyclic) bond motifs is 1. The molecule has 1 N–H and O–H groups in total. The van der Waals surface area contributed by atoms with Crippen LogP contribution in [-0.4, -0.2) is 36.3 Å². The summed E-state index contributed by atoms with van der Waals surface area (Å²) in [5.74, 6) is 0.742. The number of aromatic nitrogens is 4. The summed E-state index contributed by atoms with van der Waals surface area (Å²) >= 11 is 1.17. The predicted octanol–water partition coefficient (Wildman–Crippen LogP) is 5.03. The van der Waals surface area contributed by atoms with Crippen LogP contribution in [0.2, 0.25) is 0 Å². The van der Waals surface area contributed by atoms with Gasteiger partial charge in [0.25, 0.3) is 5.69 Å². The lowest BCUT2D eigenvalue weighted by molar-refractivity contribution is -0.383. The highest BCUT2D eigenvalue weighted by Gasteiger charge is 2.19. The maximum absolute atomic E-state index is 12.6. The number of thioether (sulfide) groups is 1. The molecule has 10 nitrogen and oxygen atoms in total. The molecule has 0 bridgehead atoms. The third-order valence-electron chi connectivity index (χ3n) is 5.37. The van der Waals surface area contributed by atoms with Crippen molar-refractivity contribution in [2.45, 2.75) is 11.8 Å². The van der Waals surface area contributed by atoms with Crippen LogP contribution < -0.4 is 10.1 Å². The first-order valence-corrected chi connectivity index (χ1v) is 12.2. The van der Waals surface area contributed by atoms with E-state index in [-0.39, 0.29) is 23.7 Å². The van der Waals surface area contributed by atoms with E-state index in [1.54, 1.807) is 18.3 Å². The number of para-hydroxylation sites is 4. The average Bonchev–Trinajstić information content (AvgIpc) is 3.34. The number of pyridine rings is 1. The zero-order valence-electron chi connectivity index (χ0n) is 19.4. The quantitative estimate of drug-likeness (QED) is 0.166. The van der Waals surface area contributed by atoms with Crippen molar-refractivity contribution in [3.63, 3.8) is 0 Å². The largest absolute Gasteiger partial charge is 0.483 e. The van der Waals surface area contributed by atoms with Gasteiger partial charge < -0.3 is 10.1 Å². The van der Waals surface area contributed by atoms with Gasteiger partial charge in [0.2, 0.25) is 5.91 Å². The van der Waals surface area contributed by atoms with Crippen molar-refractivity contribution in [3.05, 3.63) is 107 Å². The second-order valence-electron chi connectivity index (χ2n) is 7.80. The maximum Gasteiger partial charge on any atom is 0.292 e. The molecule has 5 aromatic rings. The van der Waals surface area contributed by atoms with Gasteiger partial charge in [-0.25, -0.2) is 0 Å². The van der Waals surface area contributed by atoms with Gasteiger partial charge in [-0.3, -0.25) is 24.5 Å². The molecule has 0 atom stereocenters. The Hall–Kier alpha value is -4.77. The van der Waals surface area contributed by atoms with E-state index in [1.165, 1.54) is 23.9 Å². The van der Waals surface area contributed by atoms with Gasteiger partial charge in [-0.05, 0) is 30.3 Å². The van der Waals surface area contributed by atoms with E-state index in [4.69, 9.17) is 4.74 Å². The zero-order valence-corrected chi connectivity index (χ0v) is 20.2. The lowest BCUT2D eigenvalue weighted by Crippen LogP contribution is -2.15. The molecular formula is C26H20N6O4S. The smallest absolute Gasteiger partial charge is 0.292 e. The molecule has 184 valence electrons. The second kappa shape index (κ2) is 10.9. The summed E-state index contributed by atoms with van der Waals surface area (Å²) in [6.07, 6.45) is 1.71. The molecule has 2 heterocycles. The van der Waals surface area contributed by atoms with Crippen LogP contribution in [0.3, 0.4) is 0 Å². The van der Waals surface area contributed by atoms with Crippen LogP contribution >= 0.6 is 11.8 Å². The number of carbonyl (C=O) groups is 1. The first-order valence-electron chi connectivity index (χ1n) is 11.2. The Balaban J connectivity index is 1.35. The summed E-state index contributed by atoms with van der Waals surface area (Å²) in [5.41, 5.74) is 1.52. The number of ether oxygens (including phenoxy) is 1. The molecule has 3 aromatic carbocycles. The van der Waals surface area contributed by atoms with Crippen molar-refractivity contribution in [1.29, 1.82) is 0 Å². The topological polar surface area (TPSA) is 125 Å². The van der Waals surface area contributed by atoms with E-state index in [9.17, 15) is 14.9 Å². The summed E-state index contributed by atoms with van der Waals surface area (Å²) in [4.78, 5) is 27.7. The number of hydrogen-bond acceptors (Lipinski definition) is 8. The average molecular weight is 513 g/mol. The van der Waals surface area contributed by atoms with E-state index in [1.807, 2.05) is 65.2 Å². The number of carbonyl (C=O) groups excluding carboxylic acids is 1. The highest BCUT2D eigenvalue weighted by Crippen LogP contribution is 2.27. The molecule has 2 aromatic heterocycles. The fourth-order valence-electron chi connectivity index (χ4n) is 3.71. The Labute approximate surface area is 215 Å². The lowest BCUT2D eigenvalue weighted by atomic mass is 10.2. The molecule has 0 saturated carbocycles. The molecule has 0 radical (unpaired) electrons. The lowest BCUT2D eigenvalue weighted by Gasteiger charge is -2.12. The van der Waals surface area contributed by atoms with Crippen LogP contribution in [0, 0.1) is 10.1 Å². The van der Waals surface area contributed by atoms with Crippen molar-refractivity contribution < 1.29 is 14.5 Å². The van der Waals surface area contributed by atoms with Crippen LogP contribution in [0.5, 0.6) is 5.75 Å². The third kappa shape index (κ3) is 5.41. The minimum Gasteiger partial charge on any atom is -0.483 e. The predicted molar refractivity (Wildman–Crippen MR) is 140 cm³/mol. The number of anilines is 1. The summed E-state index contributed by atoms with van der Waals surface area (Å²) in [5, 5.41) is 23.9. The molecule has 1 amide bonds. The maximum atomic E-state index is 12.6. The first-order chi connectivity index (χ1) is 18.1. The summed E-state index contributed by atoms with van der Waals surface area (Å²) in [6.45, 7) is 0.126. The van der Waals surface area contributed by atoms with Crippen molar-refractivity contribution in [3.8, 4) is 11.4 Å². The van der Waals surface area contributed by atoms with Crippen LogP contribution in [0.25, 0.3) is 16.6 Å². The standard InChI is InChI=1S/C26H20N6O4S/c33-24(28-20-12-4-5-13-21(20)32(34)35)17-37-26-30-29-23(31(26)19-10-2-1-3-11-19)16-36-22-14-6-8-18-9-7-15-27-25(18)22/h1-15H,16-17H2,(H,28,33). The van der Waals surface area contributed by atoms with Crippen LogP contribution in [0.15, 0.2) is 96.3 Å². The van der Waals surface area contributed by atoms with Gasteiger partial charge in [0.1, 0.15) is 23.6 Å². The second-order valence-corrected chi connectivity index (χ2v) is 8.74. The Bertz CT molecular complexity index is 1570. The Morgan fingerprint density at radius 2 is 1.76 bits per heavy atom. The Morgan fingerprint density at radius 3 is 2.59 bits per heavy atom. The summed E-state index contributed by atoms with van der Waals surface area (Å²) in [6, 6.07) is 25.0. The zero-order chi connectivity index (χ0) is 25.6. The van der Waals surface area contributed by atoms with Gasteiger partial charge >= 0.3 is 0 Å². The number of nitro benzene ring substituents is 1. The highest BCUT2D eigenvalue weighted by atomic mass is 32.2. The molecule has 0 saturated heterocycles. The number of hydrogen-bond donors (Lipinski definition) is 1. The molecule has 5 rings (SSSR count). The van der Waals surface area contributed by atoms with Crippen molar-refractivity contribution in [1.82, 2.24) is 19.7 Å². The van der Waals surface area contributed by atoms with E-state index in [0.717, 1.165) is 16.6 Å².